The third kappa shape index (κ3) is 2.32. The molecule has 1 aliphatic rings. The number of Topliss-reactive ketones (excluding diaryl/α,β-unsaturated/α-hetero) is 1. The van der Waals surface area contributed by atoms with E-state index in [0.717, 1.165) is 12.8 Å². The molecular formula is C14H16O4. The van der Waals surface area contributed by atoms with Crippen molar-refractivity contribution in [2.24, 2.45) is 0 Å². The van der Waals surface area contributed by atoms with Gasteiger partial charge in [-0.15, -0.1) is 0 Å². The summed E-state index contributed by atoms with van der Waals surface area (Å²) >= 11 is 0. The molecule has 0 radical (unpaired) electrons. The fourth-order valence-electron chi connectivity index (χ4n) is 1.97. The second kappa shape index (κ2) is 5.58. The molecule has 0 aromatic heterocycles. The van der Waals surface area contributed by atoms with Gasteiger partial charge in [-0.3, -0.25) is 4.79 Å². The lowest BCUT2D eigenvalue weighted by Crippen LogP contribution is -2.11. The number of ether oxygens (including phenoxy) is 3. The van der Waals surface area contributed by atoms with Gasteiger partial charge in [0, 0.05) is 5.57 Å². The number of hydrogen-bond acceptors (Lipinski definition) is 4. The Hall–Kier alpha value is -1.97. The van der Waals surface area contributed by atoms with E-state index >= 15 is 0 Å². The summed E-state index contributed by atoms with van der Waals surface area (Å²) in [6.07, 6.45) is 3.12. The molecule has 0 atom stereocenters. The van der Waals surface area contributed by atoms with Crippen molar-refractivity contribution in [1.82, 2.24) is 0 Å². The SMILES string of the molecule is COc1cccc(OC)c1C(=O)C1=COCCC1. The topological polar surface area (TPSA) is 44.8 Å². The summed E-state index contributed by atoms with van der Waals surface area (Å²) in [5.41, 5.74) is 1.11. The van der Waals surface area contributed by atoms with Gasteiger partial charge in [0.2, 0.25) is 0 Å². The van der Waals surface area contributed by atoms with E-state index in [0.29, 0.717) is 29.2 Å². The highest BCUT2D eigenvalue weighted by atomic mass is 16.5. The van der Waals surface area contributed by atoms with Crippen LogP contribution in [0.25, 0.3) is 0 Å². The number of hydrogen-bond donors (Lipinski definition) is 0. The molecular weight excluding hydrogens is 232 g/mol. The Balaban J connectivity index is 2.42. The molecule has 0 aliphatic carbocycles. The maximum atomic E-state index is 12.5. The molecule has 0 saturated carbocycles. The van der Waals surface area contributed by atoms with E-state index in [1.165, 1.54) is 20.5 Å². The number of ketones is 1. The zero-order valence-electron chi connectivity index (χ0n) is 10.6. The Morgan fingerprint density at radius 1 is 1.22 bits per heavy atom. The Morgan fingerprint density at radius 3 is 2.39 bits per heavy atom. The highest BCUT2D eigenvalue weighted by molar-refractivity contribution is 6.12. The van der Waals surface area contributed by atoms with Crippen LogP contribution in [-0.2, 0) is 4.74 Å². The third-order valence-corrected chi connectivity index (χ3v) is 2.88. The second-order valence-corrected chi connectivity index (χ2v) is 3.98. The fraction of sp³-hybridized carbons (Fsp3) is 0.357. The van der Waals surface area contributed by atoms with E-state index in [9.17, 15) is 4.79 Å². The van der Waals surface area contributed by atoms with E-state index in [4.69, 9.17) is 14.2 Å². The lowest BCUT2D eigenvalue weighted by atomic mass is 9.98. The summed E-state index contributed by atoms with van der Waals surface area (Å²) in [6, 6.07) is 5.29. The van der Waals surface area contributed by atoms with Crippen LogP contribution < -0.4 is 9.47 Å². The molecule has 0 spiro atoms. The van der Waals surface area contributed by atoms with Crippen molar-refractivity contribution >= 4 is 5.78 Å². The minimum Gasteiger partial charge on any atom is -0.501 e. The van der Waals surface area contributed by atoms with Gasteiger partial charge in [-0.05, 0) is 25.0 Å². The molecule has 1 aromatic rings. The second-order valence-electron chi connectivity index (χ2n) is 3.98. The standard InChI is InChI=1S/C14H16O4/c1-16-11-6-3-7-12(17-2)13(11)14(15)10-5-4-8-18-9-10/h3,6-7,9H,4-5,8H2,1-2H3. The van der Waals surface area contributed by atoms with Crippen molar-refractivity contribution in [3.05, 3.63) is 35.6 Å². The number of allylic oxidation sites excluding steroid dienone is 1. The number of rotatable bonds is 4. The van der Waals surface area contributed by atoms with Gasteiger partial charge in [0.1, 0.15) is 17.1 Å². The van der Waals surface area contributed by atoms with E-state index < -0.39 is 0 Å². The predicted octanol–water partition coefficient (Wildman–Crippen LogP) is 2.58. The summed E-state index contributed by atoms with van der Waals surface area (Å²) < 4.78 is 15.7. The lowest BCUT2D eigenvalue weighted by molar-refractivity contribution is 0.100. The van der Waals surface area contributed by atoms with Crippen LogP contribution in [0.1, 0.15) is 23.2 Å². The molecule has 0 saturated heterocycles. The summed E-state index contributed by atoms with van der Waals surface area (Å²) in [5.74, 6) is 0.945. The average Bonchev–Trinajstić information content (AvgIpc) is 2.46. The predicted molar refractivity (Wildman–Crippen MR) is 67.1 cm³/mol. The smallest absolute Gasteiger partial charge is 0.199 e. The van der Waals surface area contributed by atoms with Crippen molar-refractivity contribution < 1.29 is 19.0 Å². The third-order valence-electron chi connectivity index (χ3n) is 2.88. The molecule has 0 bridgehead atoms. The Labute approximate surface area is 106 Å². The first-order chi connectivity index (χ1) is 8.77. The molecule has 1 aromatic carbocycles. The Kier molecular flexibility index (Phi) is 3.87. The van der Waals surface area contributed by atoms with Crippen LogP contribution in [-0.4, -0.2) is 26.6 Å². The monoisotopic (exact) mass is 248 g/mol. The molecule has 0 fully saturated rings. The molecule has 96 valence electrons. The van der Waals surface area contributed by atoms with Crippen LogP contribution in [0.2, 0.25) is 0 Å². The normalized spacial score (nSPS) is 14.4. The van der Waals surface area contributed by atoms with Gasteiger partial charge in [-0.25, -0.2) is 0 Å². The summed E-state index contributed by atoms with van der Waals surface area (Å²) in [4.78, 5) is 12.5. The van der Waals surface area contributed by atoms with Gasteiger partial charge < -0.3 is 14.2 Å². The molecule has 0 unspecified atom stereocenters. The lowest BCUT2D eigenvalue weighted by Gasteiger charge is -2.16. The maximum absolute atomic E-state index is 12.5. The van der Waals surface area contributed by atoms with Crippen molar-refractivity contribution in [1.29, 1.82) is 0 Å². The quantitative estimate of drug-likeness (QED) is 0.768. The molecule has 0 N–H and O–H groups in total. The molecule has 18 heavy (non-hydrogen) atoms. The molecule has 4 nitrogen and oxygen atoms in total. The molecule has 2 rings (SSSR count). The van der Waals surface area contributed by atoms with Crippen molar-refractivity contribution in [2.75, 3.05) is 20.8 Å². The molecule has 0 amide bonds. The van der Waals surface area contributed by atoms with E-state index in [-0.39, 0.29) is 5.78 Å². The van der Waals surface area contributed by atoms with E-state index in [1.807, 2.05) is 0 Å². The summed E-state index contributed by atoms with van der Waals surface area (Å²) in [5, 5.41) is 0. The van der Waals surface area contributed by atoms with Crippen LogP contribution in [0, 0.1) is 0 Å². The number of carbonyl (C=O) groups is 1. The van der Waals surface area contributed by atoms with Gasteiger partial charge in [-0.1, -0.05) is 6.07 Å². The summed E-state index contributed by atoms with van der Waals surface area (Å²) in [7, 11) is 3.08. The largest absolute Gasteiger partial charge is 0.501 e. The fourth-order valence-corrected chi connectivity index (χ4v) is 1.97. The van der Waals surface area contributed by atoms with Crippen molar-refractivity contribution in [3.8, 4) is 11.5 Å². The van der Waals surface area contributed by atoms with E-state index in [1.54, 1.807) is 18.2 Å². The first-order valence-electron chi connectivity index (χ1n) is 5.84. The minimum atomic E-state index is -0.0935. The zero-order chi connectivity index (χ0) is 13.0. The first kappa shape index (κ1) is 12.5. The Morgan fingerprint density at radius 2 is 1.89 bits per heavy atom. The van der Waals surface area contributed by atoms with Crippen LogP contribution in [0.4, 0.5) is 0 Å². The first-order valence-corrected chi connectivity index (χ1v) is 5.84. The van der Waals surface area contributed by atoms with Crippen molar-refractivity contribution in [2.45, 2.75) is 12.8 Å². The van der Waals surface area contributed by atoms with Gasteiger partial charge >= 0.3 is 0 Å². The van der Waals surface area contributed by atoms with Crippen molar-refractivity contribution in [3.63, 3.8) is 0 Å². The molecule has 1 aliphatic heterocycles. The van der Waals surface area contributed by atoms with Gasteiger partial charge in [0.15, 0.2) is 5.78 Å². The van der Waals surface area contributed by atoms with Crippen LogP contribution in [0.5, 0.6) is 11.5 Å². The summed E-state index contributed by atoms with van der Waals surface area (Å²) in [6.45, 7) is 0.667. The highest BCUT2D eigenvalue weighted by Crippen LogP contribution is 2.32. The van der Waals surface area contributed by atoms with Crippen LogP contribution in [0.15, 0.2) is 30.0 Å². The number of benzene rings is 1. The number of methoxy groups -OCH3 is 2. The number of carbonyl (C=O) groups excluding carboxylic acids is 1. The highest BCUT2D eigenvalue weighted by Gasteiger charge is 2.22. The maximum Gasteiger partial charge on any atom is 0.199 e. The van der Waals surface area contributed by atoms with E-state index in [2.05, 4.69) is 0 Å². The van der Waals surface area contributed by atoms with Gasteiger partial charge in [0.25, 0.3) is 0 Å². The van der Waals surface area contributed by atoms with Crippen LogP contribution in [0.3, 0.4) is 0 Å². The average molecular weight is 248 g/mol. The Bertz CT molecular complexity index is 454. The molecule has 4 heteroatoms. The minimum absolute atomic E-state index is 0.0935. The van der Waals surface area contributed by atoms with Gasteiger partial charge in [0.05, 0.1) is 27.1 Å². The van der Waals surface area contributed by atoms with Crippen LogP contribution >= 0.6 is 0 Å². The van der Waals surface area contributed by atoms with Gasteiger partial charge in [-0.2, -0.15) is 0 Å². The molecule has 1 heterocycles. The zero-order valence-corrected chi connectivity index (χ0v) is 10.6.